The van der Waals surface area contributed by atoms with E-state index in [-0.39, 0.29) is 11.9 Å². The molecule has 0 aliphatic carbocycles. The molecule has 2 aromatic rings. The molecule has 0 aromatic carbocycles. The maximum atomic E-state index is 13.9. The fraction of sp³-hybridized carbons (Fsp3) is 0.526. The first-order valence-corrected chi connectivity index (χ1v) is 10.3. The molecule has 1 atom stereocenters. The summed E-state index contributed by atoms with van der Waals surface area (Å²) in [5.74, 6) is 0.986. The average molecular weight is 391 g/mol. The Labute approximate surface area is 163 Å². The summed E-state index contributed by atoms with van der Waals surface area (Å²) >= 11 is 1.71. The number of thiazole rings is 1. The number of hydrogen-bond acceptors (Lipinski definition) is 5. The molecular formula is C19H27FN6S. The molecule has 27 heavy (non-hydrogen) atoms. The first-order chi connectivity index (χ1) is 13.2. The van der Waals surface area contributed by atoms with Gasteiger partial charge in [0.05, 0.1) is 5.01 Å². The number of aryl methyl sites for hydroxylation is 2. The topological polar surface area (TPSA) is 65.4 Å². The van der Waals surface area contributed by atoms with Crippen molar-refractivity contribution in [3.63, 3.8) is 0 Å². The maximum Gasteiger partial charge on any atom is 0.191 e. The van der Waals surface area contributed by atoms with Gasteiger partial charge in [0.1, 0.15) is 0 Å². The molecule has 0 bridgehead atoms. The normalized spacial score (nSPS) is 17.4. The molecule has 1 fully saturated rings. The fourth-order valence-electron chi connectivity index (χ4n) is 3.13. The summed E-state index contributed by atoms with van der Waals surface area (Å²) in [4.78, 5) is 15.3. The van der Waals surface area contributed by atoms with Gasteiger partial charge in [-0.3, -0.25) is 4.99 Å². The second kappa shape index (κ2) is 9.64. The van der Waals surface area contributed by atoms with Gasteiger partial charge in [-0.05, 0) is 38.8 Å². The highest BCUT2D eigenvalue weighted by Crippen LogP contribution is 2.20. The summed E-state index contributed by atoms with van der Waals surface area (Å²) in [6.07, 6.45) is 4.49. The maximum absolute atomic E-state index is 13.9. The van der Waals surface area contributed by atoms with E-state index in [1.165, 1.54) is 11.1 Å². The van der Waals surface area contributed by atoms with E-state index in [4.69, 9.17) is 0 Å². The Kier molecular flexibility index (Phi) is 6.98. The van der Waals surface area contributed by atoms with Crippen molar-refractivity contribution in [2.75, 3.05) is 31.1 Å². The minimum Gasteiger partial charge on any atom is -0.357 e. The number of rotatable bonds is 7. The monoisotopic (exact) mass is 390 g/mol. The van der Waals surface area contributed by atoms with Crippen LogP contribution in [0.15, 0.2) is 28.7 Å². The summed E-state index contributed by atoms with van der Waals surface area (Å²) in [7, 11) is 0. The predicted octanol–water partition coefficient (Wildman–Crippen LogP) is 2.75. The third kappa shape index (κ3) is 5.63. The van der Waals surface area contributed by atoms with Crippen LogP contribution in [-0.2, 0) is 6.42 Å². The number of nitrogens with zero attached hydrogens (tertiary/aromatic N) is 4. The van der Waals surface area contributed by atoms with Crippen LogP contribution >= 0.6 is 11.3 Å². The summed E-state index contributed by atoms with van der Waals surface area (Å²) < 4.78 is 13.9. The predicted molar refractivity (Wildman–Crippen MR) is 109 cm³/mol. The lowest BCUT2D eigenvalue weighted by Crippen LogP contribution is -2.44. The van der Waals surface area contributed by atoms with Crippen LogP contribution in [0.5, 0.6) is 0 Å². The molecular weight excluding hydrogens is 363 g/mol. The number of pyridine rings is 1. The van der Waals surface area contributed by atoms with Crippen LogP contribution in [0.25, 0.3) is 0 Å². The summed E-state index contributed by atoms with van der Waals surface area (Å²) in [6.45, 7) is 7.14. The molecule has 0 saturated carbocycles. The Balaban J connectivity index is 1.49. The van der Waals surface area contributed by atoms with Gasteiger partial charge in [-0.1, -0.05) is 0 Å². The third-order valence-electron chi connectivity index (χ3n) is 4.40. The van der Waals surface area contributed by atoms with Gasteiger partial charge in [-0.2, -0.15) is 0 Å². The lowest BCUT2D eigenvalue weighted by molar-refractivity contribution is 0.612. The van der Waals surface area contributed by atoms with Crippen LogP contribution < -0.4 is 15.5 Å². The molecule has 3 heterocycles. The SMILES string of the molecule is CCNC(=NCCCc1nc(C)cs1)NC1CCN(c2ncccc2F)C1. The van der Waals surface area contributed by atoms with E-state index in [2.05, 4.69) is 37.9 Å². The van der Waals surface area contributed by atoms with E-state index in [9.17, 15) is 4.39 Å². The van der Waals surface area contributed by atoms with E-state index < -0.39 is 0 Å². The van der Waals surface area contributed by atoms with Gasteiger partial charge in [0, 0.05) is 55.9 Å². The Hall–Kier alpha value is -2.22. The van der Waals surface area contributed by atoms with Gasteiger partial charge in [0.2, 0.25) is 0 Å². The quantitative estimate of drug-likeness (QED) is 0.432. The fourth-order valence-corrected chi connectivity index (χ4v) is 3.95. The molecule has 1 unspecified atom stereocenters. The molecule has 6 nitrogen and oxygen atoms in total. The van der Waals surface area contributed by atoms with Gasteiger partial charge in [0.25, 0.3) is 0 Å². The van der Waals surface area contributed by atoms with Gasteiger partial charge >= 0.3 is 0 Å². The first kappa shape index (κ1) is 19.5. The smallest absolute Gasteiger partial charge is 0.191 e. The molecule has 3 rings (SSSR count). The van der Waals surface area contributed by atoms with Crippen LogP contribution in [-0.4, -0.2) is 48.1 Å². The van der Waals surface area contributed by atoms with Crippen LogP contribution in [0.3, 0.4) is 0 Å². The zero-order valence-corrected chi connectivity index (χ0v) is 16.7. The zero-order chi connectivity index (χ0) is 19.1. The molecule has 146 valence electrons. The molecule has 1 aliphatic rings. The number of aromatic nitrogens is 2. The number of halogens is 1. The average Bonchev–Trinajstić information content (AvgIpc) is 3.28. The Morgan fingerprint density at radius 2 is 2.37 bits per heavy atom. The number of nitrogens with one attached hydrogen (secondary N) is 2. The molecule has 0 spiro atoms. The van der Waals surface area contributed by atoms with Crippen LogP contribution in [0.1, 0.15) is 30.5 Å². The second-order valence-electron chi connectivity index (χ2n) is 6.63. The van der Waals surface area contributed by atoms with Crippen molar-refractivity contribution in [1.82, 2.24) is 20.6 Å². The minimum absolute atomic E-state index is 0.228. The zero-order valence-electron chi connectivity index (χ0n) is 15.9. The largest absolute Gasteiger partial charge is 0.357 e. The number of hydrogen-bond donors (Lipinski definition) is 2. The lowest BCUT2D eigenvalue weighted by Gasteiger charge is -2.19. The summed E-state index contributed by atoms with van der Waals surface area (Å²) in [5, 5.41) is 10.0. The van der Waals surface area contributed by atoms with Gasteiger partial charge in [-0.15, -0.1) is 11.3 Å². The molecule has 1 saturated heterocycles. The Morgan fingerprint density at radius 1 is 1.48 bits per heavy atom. The molecule has 0 radical (unpaired) electrons. The lowest BCUT2D eigenvalue weighted by atomic mass is 10.3. The Bertz CT molecular complexity index is 762. The van der Waals surface area contributed by atoms with E-state index in [1.807, 2.05) is 11.8 Å². The summed E-state index contributed by atoms with van der Waals surface area (Å²) in [6, 6.07) is 3.30. The van der Waals surface area contributed by atoms with Crippen molar-refractivity contribution in [3.8, 4) is 0 Å². The Morgan fingerprint density at radius 3 is 3.11 bits per heavy atom. The van der Waals surface area contributed by atoms with Gasteiger partial charge < -0.3 is 15.5 Å². The number of aliphatic imine (C=N–C) groups is 1. The van der Waals surface area contributed by atoms with Crippen molar-refractivity contribution in [2.24, 2.45) is 4.99 Å². The van der Waals surface area contributed by atoms with Crippen LogP contribution in [0, 0.1) is 12.7 Å². The highest BCUT2D eigenvalue weighted by atomic mass is 32.1. The molecule has 8 heteroatoms. The standard InChI is InChI=1S/C19H27FN6S/c1-3-21-19(23-10-5-7-17-24-14(2)13-27-17)25-15-8-11-26(12-15)18-16(20)6-4-9-22-18/h4,6,9,13,15H,3,5,7-8,10-12H2,1-2H3,(H2,21,23,25). The molecule has 2 aromatic heterocycles. The van der Waals surface area contributed by atoms with Crippen LogP contribution in [0.4, 0.5) is 10.2 Å². The number of anilines is 1. The van der Waals surface area contributed by atoms with Crippen molar-refractivity contribution >= 4 is 23.1 Å². The molecule has 1 aliphatic heterocycles. The van der Waals surface area contributed by atoms with Gasteiger partial charge in [0.15, 0.2) is 17.6 Å². The van der Waals surface area contributed by atoms with E-state index in [1.54, 1.807) is 23.6 Å². The molecule has 0 amide bonds. The van der Waals surface area contributed by atoms with Crippen LogP contribution in [0.2, 0.25) is 0 Å². The highest BCUT2D eigenvalue weighted by Gasteiger charge is 2.25. The summed E-state index contributed by atoms with van der Waals surface area (Å²) in [5.41, 5.74) is 1.09. The highest BCUT2D eigenvalue weighted by molar-refractivity contribution is 7.09. The van der Waals surface area contributed by atoms with E-state index in [0.717, 1.165) is 57.1 Å². The minimum atomic E-state index is -0.267. The number of guanidine groups is 1. The third-order valence-corrected chi connectivity index (χ3v) is 5.42. The molecule has 2 N–H and O–H groups in total. The van der Waals surface area contributed by atoms with Crippen molar-refractivity contribution in [3.05, 3.63) is 40.2 Å². The van der Waals surface area contributed by atoms with Crippen molar-refractivity contribution in [1.29, 1.82) is 0 Å². The second-order valence-corrected chi connectivity index (χ2v) is 7.57. The van der Waals surface area contributed by atoms with E-state index >= 15 is 0 Å². The van der Waals surface area contributed by atoms with Gasteiger partial charge in [-0.25, -0.2) is 14.4 Å². The van der Waals surface area contributed by atoms with E-state index in [0.29, 0.717) is 5.82 Å². The first-order valence-electron chi connectivity index (χ1n) is 9.47. The van der Waals surface area contributed by atoms with Crippen molar-refractivity contribution < 1.29 is 4.39 Å². The van der Waals surface area contributed by atoms with Crippen molar-refractivity contribution in [2.45, 2.75) is 39.2 Å².